The maximum Gasteiger partial charge on any atom is 0.148 e. The summed E-state index contributed by atoms with van der Waals surface area (Å²) in [6.45, 7) is 23.5. The van der Waals surface area contributed by atoms with Crippen molar-refractivity contribution in [2.24, 2.45) is 5.41 Å². The van der Waals surface area contributed by atoms with Crippen molar-refractivity contribution >= 4 is 43.5 Å². The van der Waals surface area contributed by atoms with Crippen molar-refractivity contribution in [2.45, 2.75) is 93.9 Å². The number of hydrogen-bond acceptors (Lipinski definition) is 5. The molecule has 4 heterocycles. The first-order valence-corrected chi connectivity index (χ1v) is 19.9. The molecule has 8 rings (SSSR count). The van der Waals surface area contributed by atoms with E-state index >= 15 is 0 Å². The molecule has 0 bridgehead atoms. The molecule has 4 aromatic heterocycles. The number of benzene rings is 4. The Morgan fingerprint density at radius 3 is 2.14 bits per heavy atom. The minimum atomic E-state index is -0.820. The summed E-state index contributed by atoms with van der Waals surface area (Å²) in [7, 11) is 0. The van der Waals surface area contributed by atoms with E-state index in [1.807, 2.05) is 50.5 Å². The average molecular weight is 935 g/mol. The van der Waals surface area contributed by atoms with Crippen LogP contribution in [0.1, 0.15) is 95.5 Å². The molecule has 0 N–H and O–H groups in total. The number of aryl methyl sites for hydroxylation is 3. The second kappa shape index (κ2) is 16.2. The molecular weight excluding hydrogens is 883 g/mol. The number of aromatic nitrogens is 3. The second-order valence-electron chi connectivity index (χ2n) is 17.2. The van der Waals surface area contributed by atoms with Crippen molar-refractivity contribution in [3.63, 3.8) is 0 Å². The molecule has 0 spiro atoms. The number of nitrogens with zero attached hydrogens (tertiary/aromatic N) is 3. The summed E-state index contributed by atoms with van der Waals surface area (Å²) in [5, 5.41) is 3.16. The van der Waals surface area contributed by atoms with Gasteiger partial charge in [-0.25, -0.2) is 4.98 Å². The van der Waals surface area contributed by atoms with E-state index in [1.54, 1.807) is 11.3 Å². The van der Waals surface area contributed by atoms with Gasteiger partial charge < -0.3 is 14.4 Å². The Balaban J connectivity index is 0.000000244. The zero-order valence-corrected chi connectivity index (χ0v) is 37.6. The third-order valence-electron chi connectivity index (χ3n) is 9.85. The molecule has 0 atom stereocenters. The molecule has 56 heavy (non-hydrogen) atoms. The van der Waals surface area contributed by atoms with Gasteiger partial charge in [-0.15, -0.1) is 64.9 Å². The van der Waals surface area contributed by atoms with Crippen LogP contribution in [0.15, 0.2) is 95.7 Å². The molecule has 1 radical (unpaired) electrons. The number of thiazole rings is 1. The van der Waals surface area contributed by atoms with Gasteiger partial charge in [0.2, 0.25) is 0 Å². The standard InChI is InChI=1S/C33H31N2OS.C17H20N.Ir/c1-18(2)24-16-26(34-17-25(24)28-19(3)10-8-11-20(28)4)23-13-9-12-21-22-14-15-27-29(31(22)36-30(21)23)35-32(37-27)33(5,6)7;1-13-5-8-15(9-6-13)16-10-7-14(12-18-16)11-17(2,3)4;/h8-12,14-18H,1-7H3;5-8,10,12H,11H2,1-4H3;/q2*-1;/i18D;;. The monoisotopic (exact) mass is 935 g/mol. The molecule has 0 amide bonds. The van der Waals surface area contributed by atoms with Gasteiger partial charge in [0, 0.05) is 50.2 Å². The fraction of sp³-hybridized carbons (Fsp3) is 0.300. The molecule has 0 aliphatic carbocycles. The van der Waals surface area contributed by atoms with Crippen LogP contribution in [0.3, 0.4) is 0 Å². The predicted octanol–water partition coefficient (Wildman–Crippen LogP) is 14.2. The van der Waals surface area contributed by atoms with Gasteiger partial charge in [-0.2, -0.15) is 0 Å². The van der Waals surface area contributed by atoms with Gasteiger partial charge in [-0.05, 0) is 76.8 Å². The zero-order chi connectivity index (χ0) is 40.2. The Kier molecular flexibility index (Phi) is 11.5. The van der Waals surface area contributed by atoms with Crippen LogP contribution in [0.5, 0.6) is 0 Å². The molecular formula is C50H51IrN3OS-2. The number of furan rings is 1. The molecule has 0 aliphatic heterocycles. The molecule has 4 nitrogen and oxygen atoms in total. The Hall–Kier alpha value is -4.48. The molecule has 6 heteroatoms. The van der Waals surface area contributed by atoms with E-state index in [0.717, 1.165) is 82.8 Å². The second-order valence-corrected chi connectivity index (χ2v) is 18.2. The SMILES string of the molecule is Cc1c[c-]c(-c2ccc(CC(C)(C)C)cn2)cc1.[2H]C(C)(C)c1cc(-c2[c-]ccc3c2oc2c3ccc3sc(C(C)(C)C)nc32)ncc1-c1c(C)cccc1C.[Ir]. The van der Waals surface area contributed by atoms with Crippen LogP contribution in [-0.4, -0.2) is 15.0 Å². The van der Waals surface area contributed by atoms with E-state index in [4.69, 9.17) is 15.8 Å². The smallest absolute Gasteiger partial charge is 0.148 e. The third kappa shape index (κ3) is 8.59. The maximum absolute atomic E-state index is 8.99. The van der Waals surface area contributed by atoms with Gasteiger partial charge in [0.25, 0.3) is 0 Å². The molecule has 0 unspecified atom stereocenters. The molecule has 0 fully saturated rings. The van der Waals surface area contributed by atoms with Crippen molar-refractivity contribution in [2.75, 3.05) is 0 Å². The van der Waals surface area contributed by atoms with E-state index in [0.29, 0.717) is 5.41 Å². The minimum absolute atomic E-state index is 0. The first-order valence-electron chi connectivity index (χ1n) is 19.6. The van der Waals surface area contributed by atoms with Crippen LogP contribution >= 0.6 is 11.3 Å². The van der Waals surface area contributed by atoms with E-state index < -0.39 is 5.89 Å². The topological polar surface area (TPSA) is 51.8 Å². The van der Waals surface area contributed by atoms with Crippen LogP contribution in [0.4, 0.5) is 0 Å². The first-order chi connectivity index (χ1) is 26.4. The van der Waals surface area contributed by atoms with Crippen molar-refractivity contribution in [1.82, 2.24) is 15.0 Å². The predicted molar refractivity (Wildman–Crippen MR) is 233 cm³/mol. The van der Waals surface area contributed by atoms with Crippen LogP contribution in [0, 0.1) is 38.3 Å². The summed E-state index contributed by atoms with van der Waals surface area (Å²) in [6.07, 6.45) is 4.95. The van der Waals surface area contributed by atoms with Gasteiger partial charge in [-0.1, -0.05) is 116 Å². The van der Waals surface area contributed by atoms with Crippen molar-refractivity contribution in [3.8, 4) is 33.6 Å². The molecule has 289 valence electrons. The van der Waals surface area contributed by atoms with Crippen LogP contribution < -0.4 is 0 Å². The Morgan fingerprint density at radius 1 is 0.804 bits per heavy atom. The number of hydrogen-bond donors (Lipinski definition) is 0. The fourth-order valence-electron chi connectivity index (χ4n) is 7.11. The quantitative estimate of drug-likeness (QED) is 0.161. The summed E-state index contributed by atoms with van der Waals surface area (Å²) >= 11 is 1.72. The number of fused-ring (bicyclic) bond motifs is 5. The molecule has 4 aromatic carbocycles. The first kappa shape index (κ1) is 39.7. The largest absolute Gasteiger partial charge is 0.498 e. The molecule has 8 aromatic rings. The summed E-state index contributed by atoms with van der Waals surface area (Å²) < 4.78 is 16.7. The van der Waals surface area contributed by atoms with Gasteiger partial charge in [0.15, 0.2) is 0 Å². The van der Waals surface area contributed by atoms with E-state index in [9.17, 15) is 0 Å². The normalized spacial score (nSPS) is 12.4. The van der Waals surface area contributed by atoms with Crippen molar-refractivity contribution in [1.29, 1.82) is 0 Å². The van der Waals surface area contributed by atoms with E-state index in [-0.39, 0.29) is 25.5 Å². The van der Waals surface area contributed by atoms with Gasteiger partial charge in [-0.3, -0.25) is 0 Å². The zero-order valence-electron chi connectivity index (χ0n) is 35.4. The van der Waals surface area contributed by atoms with Crippen LogP contribution in [-0.2, 0) is 31.9 Å². The number of pyridine rings is 2. The maximum atomic E-state index is 8.99. The fourth-order valence-corrected chi connectivity index (χ4v) is 8.13. The molecule has 0 saturated carbocycles. The molecule has 0 saturated heterocycles. The summed E-state index contributed by atoms with van der Waals surface area (Å²) in [5.41, 5.74) is 14.3. The Morgan fingerprint density at radius 2 is 1.52 bits per heavy atom. The van der Waals surface area contributed by atoms with E-state index in [1.165, 1.54) is 22.3 Å². The van der Waals surface area contributed by atoms with Crippen molar-refractivity contribution in [3.05, 3.63) is 136 Å². The van der Waals surface area contributed by atoms with Crippen LogP contribution in [0.25, 0.3) is 65.8 Å². The third-order valence-corrected chi connectivity index (χ3v) is 11.3. The van der Waals surface area contributed by atoms with Crippen molar-refractivity contribution < 1.29 is 25.9 Å². The minimum Gasteiger partial charge on any atom is -0.498 e. The Bertz CT molecular complexity index is 2670. The summed E-state index contributed by atoms with van der Waals surface area (Å²) in [4.78, 5) is 14.4. The summed E-state index contributed by atoms with van der Waals surface area (Å²) in [5.74, 6) is -0.820. The summed E-state index contributed by atoms with van der Waals surface area (Å²) in [6, 6.07) is 33.7. The van der Waals surface area contributed by atoms with Gasteiger partial charge in [0.05, 0.1) is 15.3 Å². The van der Waals surface area contributed by atoms with Gasteiger partial charge >= 0.3 is 0 Å². The van der Waals surface area contributed by atoms with E-state index in [2.05, 4.69) is 134 Å². The average Bonchev–Trinajstić information content (AvgIpc) is 3.74. The Labute approximate surface area is 351 Å². The van der Waals surface area contributed by atoms with Crippen LogP contribution in [0.2, 0.25) is 0 Å². The molecule has 0 aliphatic rings. The van der Waals surface area contributed by atoms with Gasteiger partial charge in [0.1, 0.15) is 11.1 Å². The number of rotatable bonds is 5.